The lowest BCUT2D eigenvalue weighted by Gasteiger charge is -2.23. The second-order valence-electron chi connectivity index (χ2n) is 5.05. The number of hydrogen-bond donors (Lipinski definition) is 1. The van der Waals surface area contributed by atoms with E-state index in [0.717, 1.165) is 6.54 Å². The van der Waals surface area contributed by atoms with E-state index in [2.05, 4.69) is 13.8 Å². The lowest BCUT2D eigenvalue weighted by atomic mass is 10.1. The highest BCUT2D eigenvalue weighted by atomic mass is 16.2. The highest BCUT2D eigenvalue weighted by Gasteiger charge is 2.42. The van der Waals surface area contributed by atoms with Gasteiger partial charge in [0.15, 0.2) is 0 Å². The minimum atomic E-state index is 0.250. The molecule has 1 fully saturated rings. The predicted octanol–water partition coefficient (Wildman–Crippen LogP) is 1.23. The lowest BCUT2D eigenvalue weighted by molar-refractivity contribution is -0.131. The minimum Gasteiger partial charge on any atom is -0.345 e. The zero-order valence-electron chi connectivity index (χ0n) is 9.55. The standard InChI is InChI=1S/C11H22N2O/c1-9(2)6-10(14)13(3)8-11(7-12)4-5-11/h9H,4-8,12H2,1-3H3. The molecular formula is C11H22N2O. The molecule has 0 saturated heterocycles. The molecule has 0 aromatic rings. The Morgan fingerprint density at radius 1 is 1.50 bits per heavy atom. The van der Waals surface area contributed by atoms with Crippen molar-refractivity contribution in [3.05, 3.63) is 0 Å². The van der Waals surface area contributed by atoms with E-state index >= 15 is 0 Å². The second-order valence-corrected chi connectivity index (χ2v) is 5.05. The van der Waals surface area contributed by atoms with Gasteiger partial charge in [-0.1, -0.05) is 13.8 Å². The lowest BCUT2D eigenvalue weighted by Crippen LogP contribution is -2.36. The summed E-state index contributed by atoms with van der Waals surface area (Å²) in [6, 6.07) is 0. The fourth-order valence-corrected chi connectivity index (χ4v) is 1.70. The number of hydrogen-bond acceptors (Lipinski definition) is 2. The Balaban J connectivity index is 2.34. The van der Waals surface area contributed by atoms with E-state index in [-0.39, 0.29) is 11.3 Å². The number of carbonyl (C=O) groups excluding carboxylic acids is 1. The van der Waals surface area contributed by atoms with E-state index in [1.165, 1.54) is 12.8 Å². The van der Waals surface area contributed by atoms with Gasteiger partial charge >= 0.3 is 0 Å². The number of rotatable bonds is 5. The molecule has 0 unspecified atom stereocenters. The molecule has 0 heterocycles. The van der Waals surface area contributed by atoms with Crippen LogP contribution < -0.4 is 5.73 Å². The Labute approximate surface area is 86.6 Å². The van der Waals surface area contributed by atoms with E-state index in [1.807, 2.05) is 11.9 Å². The molecule has 1 rings (SSSR count). The van der Waals surface area contributed by atoms with Gasteiger partial charge in [0.25, 0.3) is 0 Å². The van der Waals surface area contributed by atoms with Crippen molar-refractivity contribution < 1.29 is 4.79 Å². The van der Waals surface area contributed by atoms with Crippen molar-refractivity contribution in [3.63, 3.8) is 0 Å². The molecule has 0 atom stereocenters. The monoisotopic (exact) mass is 198 g/mol. The first-order valence-corrected chi connectivity index (χ1v) is 5.43. The first-order chi connectivity index (χ1) is 6.49. The molecule has 14 heavy (non-hydrogen) atoms. The van der Waals surface area contributed by atoms with E-state index in [9.17, 15) is 4.79 Å². The van der Waals surface area contributed by atoms with Crippen LogP contribution in [0, 0.1) is 11.3 Å². The molecule has 2 N–H and O–H groups in total. The molecule has 0 aromatic heterocycles. The van der Waals surface area contributed by atoms with Crippen LogP contribution in [0.25, 0.3) is 0 Å². The van der Waals surface area contributed by atoms with Crippen LogP contribution in [0.4, 0.5) is 0 Å². The summed E-state index contributed by atoms with van der Waals surface area (Å²) in [4.78, 5) is 13.5. The summed E-state index contributed by atoms with van der Waals surface area (Å²) < 4.78 is 0. The van der Waals surface area contributed by atoms with Gasteiger partial charge in [0.1, 0.15) is 0 Å². The number of carbonyl (C=O) groups is 1. The zero-order chi connectivity index (χ0) is 10.8. The van der Waals surface area contributed by atoms with Gasteiger partial charge in [0, 0.05) is 25.4 Å². The molecule has 0 spiro atoms. The highest BCUT2D eigenvalue weighted by molar-refractivity contribution is 5.76. The predicted molar refractivity (Wildman–Crippen MR) is 57.8 cm³/mol. The van der Waals surface area contributed by atoms with Crippen molar-refractivity contribution in [2.24, 2.45) is 17.1 Å². The number of amides is 1. The Morgan fingerprint density at radius 3 is 2.43 bits per heavy atom. The van der Waals surface area contributed by atoms with Crippen molar-refractivity contribution in [1.29, 1.82) is 0 Å². The summed E-state index contributed by atoms with van der Waals surface area (Å²) >= 11 is 0. The molecule has 1 aliphatic carbocycles. The van der Waals surface area contributed by atoms with Crippen molar-refractivity contribution >= 4 is 5.91 Å². The first-order valence-electron chi connectivity index (χ1n) is 5.43. The first kappa shape index (κ1) is 11.5. The summed E-state index contributed by atoms with van der Waals surface area (Å²) in [6.45, 7) is 5.70. The molecule has 82 valence electrons. The maximum absolute atomic E-state index is 11.7. The largest absolute Gasteiger partial charge is 0.345 e. The van der Waals surface area contributed by atoms with Crippen LogP contribution >= 0.6 is 0 Å². The number of nitrogens with two attached hydrogens (primary N) is 1. The molecule has 3 nitrogen and oxygen atoms in total. The van der Waals surface area contributed by atoms with Crippen molar-refractivity contribution in [1.82, 2.24) is 4.90 Å². The molecule has 3 heteroatoms. The van der Waals surface area contributed by atoms with Gasteiger partial charge in [-0.15, -0.1) is 0 Å². The molecule has 0 aliphatic heterocycles. The maximum atomic E-state index is 11.7. The fourth-order valence-electron chi connectivity index (χ4n) is 1.70. The summed E-state index contributed by atoms with van der Waals surface area (Å²) in [6.07, 6.45) is 3.02. The van der Waals surface area contributed by atoms with Crippen LogP contribution in [-0.4, -0.2) is 30.9 Å². The van der Waals surface area contributed by atoms with Crippen molar-refractivity contribution in [2.45, 2.75) is 33.1 Å². The third kappa shape index (κ3) is 2.98. The van der Waals surface area contributed by atoms with Crippen LogP contribution in [0.2, 0.25) is 0 Å². The summed E-state index contributed by atoms with van der Waals surface area (Å²) in [5.74, 6) is 0.692. The van der Waals surface area contributed by atoms with Crippen LogP contribution in [0.1, 0.15) is 33.1 Å². The minimum absolute atomic E-state index is 0.250. The van der Waals surface area contributed by atoms with E-state index < -0.39 is 0 Å². The molecule has 1 saturated carbocycles. The second kappa shape index (κ2) is 4.30. The average molecular weight is 198 g/mol. The Kier molecular flexibility index (Phi) is 3.53. The van der Waals surface area contributed by atoms with Crippen LogP contribution in [0.5, 0.6) is 0 Å². The third-order valence-electron chi connectivity index (χ3n) is 2.97. The normalized spacial score (nSPS) is 18.4. The van der Waals surface area contributed by atoms with Gasteiger partial charge in [-0.25, -0.2) is 0 Å². The highest BCUT2D eigenvalue weighted by Crippen LogP contribution is 2.44. The SMILES string of the molecule is CC(C)CC(=O)N(C)CC1(CN)CC1. The van der Waals surface area contributed by atoms with Gasteiger partial charge in [-0.05, 0) is 25.3 Å². The van der Waals surface area contributed by atoms with E-state index in [1.54, 1.807) is 0 Å². The quantitative estimate of drug-likeness (QED) is 0.722. The van der Waals surface area contributed by atoms with Gasteiger partial charge in [-0.2, -0.15) is 0 Å². The number of nitrogens with zero attached hydrogens (tertiary/aromatic N) is 1. The van der Waals surface area contributed by atoms with Crippen LogP contribution in [-0.2, 0) is 4.79 Å². The van der Waals surface area contributed by atoms with Gasteiger partial charge in [-0.3, -0.25) is 4.79 Å². The zero-order valence-corrected chi connectivity index (χ0v) is 9.55. The topological polar surface area (TPSA) is 46.3 Å². The molecule has 1 amide bonds. The Bertz CT molecular complexity index is 209. The van der Waals surface area contributed by atoms with Gasteiger partial charge in [0.2, 0.25) is 5.91 Å². The maximum Gasteiger partial charge on any atom is 0.222 e. The molecular weight excluding hydrogens is 176 g/mol. The fraction of sp³-hybridized carbons (Fsp3) is 0.909. The summed E-state index contributed by atoms with van der Waals surface area (Å²) in [5.41, 5.74) is 5.95. The van der Waals surface area contributed by atoms with Crippen molar-refractivity contribution in [3.8, 4) is 0 Å². The molecule has 1 aliphatic rings. The van der Waals surface area contributed by atoms with E-state index in [0.29, 0.717) is 18.9 Å². The molecule has 0 radical (unpaired) electrons. The molecule has 0 aromatic carbocycles. The van der Waals surface area contributed by atoms with Gasteiger partial charge < -0.3 is 10.6 Å². The van der Waals surface area contributed by atoms with E-state index in [4.69, 9.17) is 5.73 Å². The van der Waals surface area contributed by atoms with Gasteiger partial charge in [0.05, 0.1) is 0 Å². The van der Waals surface area contributed by atoms with Crippen LogP contribution in [0.15, 0.2) is 0 Å². The molecule has 0 bridgehead atoms. The Morgan fingerprint density at radius 2 is 2.07 bits per heavy atom. The summed E-state index contributed by atoms with van der Waals surface area (Å²) in [7, 11) is 1.89. The van der Waals surface area contributed by atoms with Crippen LogP contribution in [0.3, 0.4) is 0 Å². The Hall–Kier alpha value is -0.570. The summed E-state index contributed by atoms with van der Waals surface area (Å²) in [5, 5.41) is 0. The third-order valence-corrected chi connectivity index (χ3v) is 2.97. The average Bonchev–Trinajstić information content (AvgIpc) is 2.84. The van der Waals surface area contributed by atoms with Crippen molar-refractivity contribution in [2.75, 3.05) is 20.1 Å². The smallest absolute Gasteiger partial charge is 0.222 e.